The number of likely N-dealkylation sites (tertiary alicyclic amines) is 1. The van der Waals surface area contributed by atoms with Crippen LogP contribution < -0.4 is 0 Å². The second-order valence-electron chi connectivity index (χ2n) is 9.88. The standard InChI is InChI=1S/C31H39NO/c1-2-3-19-29-25-32(21-20-26-13-7-4-8-14-26)30(22-27-15-9-5-10-16-27)24-31(29,33)23-28-17-11-6-12-18-28/h4-18,29-30,33H,2-3,19-25H2,1H3/t29-,30-,31-/m0/s1. The van der Waals surface area contributed by atoms with E-state index in [1.807, 2.05) is 0 Å². The van der Waals surface area contributed by atoms with Crippen LogP contribution in [0.15, 0.2) is 91.0 Å². The molecule has 3 aromatic carbocycles. The molecule has 3 aromatic rings. The highest BCUT2D eigenvalue weighted by atomic mass is 16.3. The molecule has 2 heteroatoms. The van der Waals surface area contributed by atoms with Gasteiger partial charge in [0.2, 0.25) is 0 Å². The van der Waals surface area contributed by atoms with Gasteiger partial charge in [0.1, 0.15) is 0 Å². The number of piperidine rings is 1. The average molecular weight is 442 g/mol. The van der Waals surface area contributed by atoms with Gasteiger partial charge in [-0.2, -0.15) is 0 Å². The number of benzene rings is 3. The van der Waals surface area contributed by atoms with E-state index in [-0.39, 0.29) is 0 Å². The molecule has 33 heavy (non-hydrogen) atoms. The Labute approximate surface area is 200 Å². The highest BCUT2D eigenvalue weighted by molar-refractivity contribution is 5.21. The zero-order valence-electron chi connectivity index (χ0n) is 20.1. The van der Waals surface area contributed by atoms with Gasteiger partial charge < -0.3 is 5.11 Å². The molecule has 0 amide bonds. The summed E-state index contributed by atoms with van der Waals surface area (Å²) in [5.41, 5.74) is 3.35. The van der Waals surface area contributed by atoms with Gasteiger partial charge >= 0.3 is 0 Å². The van der Waals surface area contributed by atoms with Gasteiger partial charge in [0.25, 0.3) is 0 Å². The summed E-state index contributed by atoms with van der Waals surface area (Å²) in [5.74, 6) is 0.306. The van der Waals surface area contributed by atoms with E-state index in [0.717, 1.165) is 45.2 Å². The summed E-state index contributed by atoms with van der Waals surface area (Å²) >= 11 is 0. The molecule has 1 N–H and O–H groups in total. The Morgan fingerprint density at radius 1 is 0.818 bits per heavy atom. The molecule has 1 saturated heterocycles. The molecular formula is C31H39NO. The smallest absolute Gasteiger partial charge is 0.0743 e. The minimum absolute atomic E-state index is 0.306. The molecular weight excluding hydrogens is 402 g/mol. The number of nitrogens with zero attached hydrogens (tertiary/aromatic N) is 1. The van der Waals surface area contributed by atoms with Crippen LogP contribution in [0.4, 0.5) is 0 Å². The number of rotatable bonds is 10. The van der Waals surface area contributed by atoms with Crippen LogP contribution in [-0.2, 0) is 19.3 Å². The number of hydrogen-bond acceptors (Lipinski definition) is 2. The summed E-state index contributed by atoms with van der Waals surface area (Å²) in [6.45, 7) is 4.28. The molecule has 0 aromatic heterocycles. The second kappa shape index (κ2) is 11.6. The maximum atomic E-state index is 12.1. The second-order valence-corrected chi connectivity index (χ2v) is 9.88. The lowest BCUT2D eigenvalue weighted by atomic mass is 9.71. The van der Waals surface area contributed by atoms with Gasteiger partial charge in [-0.3, -0.25) is 4.90 Å². The average Bonchev–Trinajstić information content (AvgIpc) is 2.84. The van der Waals surface area contributed by atoms with Gasteiger partial charge in [0, 0.05) is 31.5 Å². The van der Waals surface area contributed by atoms with E-state index < -0.39 is 5.60 Å². The van der Waals surface area contributed by atoms with Crippen molar-refractivity contribution in [3.8, 4) is 0 Å². The van der Waals surface area contributed by atoms with Crippen molar-refractivity contribution in [3.05, 3.63) is 108 Å². The monoisotopic (exact) mass is 441 g/mol. The maximum absolute atomic E-state index is 12.1. The lowest BCUT2D eigenvalue weighted by Gasteiger charge is -2.50. The van der Waals surface area contributed by atoms with E-state index in [4.69, 9.17) is 0 Å². The van der Waals surface area contributed by atoms with Gasteiger partial charge in [-0.15, -0.1) is 0 Å². The zero-order chi connectivity index (χ0) is 22.9. The lowest BCUT2D eigenvalue weighted by molar-refractivity contribution is -0.0965. The van der Waals surface area contributed by atoms with E-state index in [0.29, 0.717) is 12.0 Å². The topological polar surface area (TPSA) is 23.5 Å². The Bertz CT molecular complexity index is 942. The molecule has 0 unspecified atom stereocenters. The Hall–Kier alpha value is -2.42. The van der Waals surface area contributed by atoms with E-state index >= 15 is 0 Å². The SMILES string of the molecule is CCCC[C@H]1CN(CCc2ccccc2)[C@@H](Cc2ccccc2)C[C@@]1(O)Cc1ccccc1. The van der Waals surface area contributed by atoms with Crippen molar-refractivity contribution in [1.82, 2.24) is 4.90 Å². The molecule has 4 rings (SSSR count). The van der Waals surface area contributed by atoms with Crippen LogP contribution in [-0.4, -0.2) is 34.7 Å². The quantitative estimate of drug-likeness (QED) is 0.398. The molecule has 0 bridgehead atoms. The first-order chi connectivity index (χ1) is 16.2. The lowest BCUT2D eigenvalue weighted by Crippen LogP contribution is -2.58. The summed E-state index contributed by atoms with van der Waals surface area (Å²) in [5, 5.41) is 12.1. The fraction of sp³-hybridized carbons (Fsp3) is 0.419. The Kier molecular flexibility index (Phi) is 8.36. The normalized spacial score (nSPS) is 23.5. The van der Waals surface area contributed by atoms with Gasteiger partial charge in [-0.25, -0.2) is 0 Å². The van der Waals surface area contributed by atoms with Crippen molar-refractivity contribution in [1.29, 1.82) is 0 Å². The molecule has 0 spiro atoms. The third kappa shape index (κ3) is 6.56. The summed E-state index contributed by atoms with van der Waals surface area (Å²) in [6.07, 6.45) is 7.09. The van der Waals surface area contributed by atoms with Gasteiger partial charge in [-0.05, 0) is 42.4 Å². The van der Waals surface area contributed by atoms with Crippen molar-refractivity contribution in [2.45, 2.75) is 63.5 Å². The maximum Gasteiger partial charge on any atom is 0.0743 e. The first kappa shape index (κ1) is 23.7. The fourth-order valence-corrected chi connectivity index (χ4v) is 5.56. The van der Waals surface area contributed by atoms with E-state index in [9.17, 15) is 5.11 Å². The molecule has 3 atom stereocenters. The Balaban J connectivity index is 1.57. The molecule has 1 fully saturated rings. The van der Waals surface area contributed by atoms with Crippen LogP contribution in [0.2, 0.25) is 0 Å². The zero-order valence-corrected chi connectivity index (χ0v) is 20.1. The van der Waals surface area contributed by atoms with Crippen LogP contribution in [0.3, 0.4) is 0 Å². The molecule has 0 saturated carbocycles. The minimum atomic E-state index is -0.654. The highest BCUT2D eigenvalue weighted by Crippen LogP contribution is 2.38. The molecule has 0 aliphatic carbocycles. The first-order valence-corrected chi connectivity index (χ1v) is 12.7. The van der Waals surface area contributed by atoms with Crippen LogP contribution in [0.5, 0.6) is 0 Å². The molecule has 0 radical (unpaired) electrons. The molecule has 174 valence electrons. The molecule has 2 nitrogen and oxygen atoms in total. The van der Waals surface area contributed by atoms with E-state index in [2.05, 4.69) is 103 Å². The number of unbranched alkanes of at least 4 members (excludes halogenated alkanes) is 1. The summed E-state index contributed by atoms with van der Waals surface area (Å²) < 4.78 is 0. The third-order valence-corrected chi connectivity index (χ3v) is 7.42. The molecule has 1 heterocycles. The largest absolute Gasteiger partial charge is 0.389 e. The van der Waals surface area contributed by atoms with Crippen LogP contribution >= 0.6 is 0 Å². The Morgan fingerprint density at radius 3 is 2.00 bits per heavy atom. The summed E-state index contributed by atoms with van der Waals surface area (Å²) in [4.78, 5) is 2.68. The van der Waals surface area contributed by atoms with Crippen LogP contribution in [0, 0.1) is 5.92 Å². The van der Waals surface area contributed by atoms with Crippen molar-refractivity contribution in [2.75, 3.05) is 13.1 Å². The summed E-state index contributed by atoms with van der Waals surface area (Å²) in [6, 6.07) is 32.6. The van der Waals surface area contributed by atoms with Crippen molar-refractivity contribution >= 4 is 0 Å². The van der Waals surface area contributed by atoms with Gasteiger partial charge in [-0.1, -0.05) is 111 Å². The predicted octanol–water partition coefficient (Wildman–Crippen LogP) is 6.33. The summed E-state index contributed by atoms with van der Waals surface area (Å²) in [7, 11) is 0. The van der Waals surface area contributed by atoms with Crippen molar-refractivity contribution < 1.29 is 5.11 Å². The van der Waals surface area contributed by atoms with E-state index in [1.54, 1.807) is 0 Å². The van der Waals surface area contributed by atoms with Crippen molar-refractivity contribution in [3.63, 3.8) is 0 Å². The molecule has 1 aliphatic rings. The first-order valence-electron chi connectivity index (χ1n) is 12.7. The van der Waals surface area contributed by atoms with E-state index in [1.165, 1.54) is 29.5 Å². The van der Waals surface area contributed by atoms with Crippen LogP contribution in [0.25, 0.3) is 0 Å². The third-order valence-electron chi connectivity index (χ3n) is 7.42. The number of hydrogen-bond donors (Lipinski definition) is 1. The van der Waals surface area contributed by atoms with Crippen molar-refractivity contribution in [2.24, 2.45) is 5.92 Å². The Morgan fingerprint density at radius 2 is 1.39 bits per heavy atom. The fourth-order valence-electron chi connectivity index (χ4n) is 5.56. The minimum Gasteiger partial charge on any atom is -0.389 e. The molecule has 1 aliphatic heterocycles. The number of aliphatic hydroxyl groups is 1. The van der Waals surface area contributed by atoms with Gasteiger partial charge in [0.05, 0.1) is 5.60 Å². The van der Waals surface area contributed by atoms with Gasteiger partial charge in [0.15, 0.2) is 0 Å². The van der Waals surface area contributed by atoms with Crippen LogP contribution in [0.1, 0.15) is 49.3 Å². The highest BCUT2D eigenvalue weighted by Gasteiger charge is 2.45. The predicted molar refractivity (Wildman–Crippen MR) is 138 cm³/mol.